The summed E-state index contributed by atoms with van der Waals surface area (Å²) in [6.07, 6.45) is 0.928. The van der Waals surface area contributed by atoms with Crippen LogP contribution in [0.15, 0.2) is 186 Å². The molecule has 0 amide bonds. The SMILES string of the molecule is c1ccc(-c2ccc(N3B4c5cccc6c5C(Cc5ccccc5-6)c5c4c(cc4c5oc5ccccc54)-c4c3cc3c5ccccc5n5c6ccccc6c4c35)cc2)cc1. The van der Waals surface area contributed by atoms with Crippen LogP contribution in [-0.4, -0.2) is 11.2 Å². The lowest BCUT2D eigenvalue weighted by Gasteiger charge is -2.46. The Hall–Kier alpha value is -7.56. The van der Waals surface area contributed by atoms with E-state index in [1.807, 2.05) is 0 Å². The molecule has 3 aromatic heterocycles. The molecule has 0 radical (unpaired) electrons. The second-order valence-corrected chi connectivity index (χ2v) is 17.0. The first-order chi connectivity index (χ1) is 29.8. The van der Waals surface area contributed by atoms with Gasteiger partial charge in [0.15, 0.2) is 0 Å². The van der Waals surface area contributed by atoms with Gasteiger partial charge in [-0.15, -0.1) is 0 Å². The van der Waals surface area contributed by atoms with Crippen molar-refractivity contribution >= 4 is 89.2 Å². The van der Waals surface area contributed by atoms with Crippen molar-refractivity contribution in [2.45, 2.75) is 12.3 Å². The van der Waals surface area contributed by atoms with Gasteiger partial charge in [0.1, 0.15) is 11.2 Å². The molecule has 4 heteroatoms. The Balaban J connectivity index is 1.16. The van der Waals surface area contributed by atoms with Gasteiger partial charge in [-0.05, 0) is 98.8 Å². The highest BCUT2D eigenvalue weighted by Gasteiger charge is 2.49. The number of hydrogen-bond acceptors (Lipinski definition) is 2. The first-order valence-corrected chi connectivity index (χ1v) is 21.1. The van der Waals surface area contributed by atoms with E-state index >= 15 is 0 Å². The summed E-state index contributed by atoms with van der Waals surface area (Å²) in [6, 6.07) is 67.9. The summed E-state index contributed by atoms with van der Waals surface area (Å²) in [6.45, 7) is -0.0891. The van der Waals surface area contributed by atoms with Crippen molar-refractivity contribution in [3.05, 3.63) is 199 Å². The van der Waals surface area contributed by atoms with Crippen LogP contribution < -0.4 is 15.7 Å². The highest BCUT2D eigenvalue weighted by Crippen LogP contribution is 2.55. The number of anilines is 2. The highest BCUT2D eigenvalue weighted by molar-refractivity contribution is 6.92. The van der Waals surface area contributed by atoms with Gasteiger partial charge in [0.25, 0.3) is 0 Å². The Kier molecular flexibility index (Phi) is 5.83. The van der Waals surface area contributed by atoms with Gasteiger partial charge in [0.05, 0.1) is 16.6 Å². The number of hydrogen-bond donors (Lipinski definition) is 0. The number of fused-ring (bicyclic) bond motifs is 17. The van der Waals surface area contributed by atoms with Crippen molar-refractivity contribution in [2.75, 3.05) is 4.81 Å². The van der Waals surface area contributed by atoms with E-state index in [0.29, 0.717) is 0 Å². The van der Waals surface area contributed by atoms with Gasteiger partial charge in [-0.25, -0.2) is 0 Å². The van der Waals surface area contributed by atoms with Crippen molar-refractivity contribution in [1.29, 1.82) is 0 Å². The van der Waals surface area contributed by atoms with E-state index in [1.54, 1.807) is 0 Å². The summed E-state index contributed by atoms with van der Waals surface area (Å²) in [4.78, 5) is 2.69. The Morgan fingerprint density at radius 1 is 0.517 bits per heavy atom. The molecule has 0 bridgehead atoms. The summed E-state index contributed by atoms with van der Waals surface area (Å²) >= 11 is 0. The molecule has 60 heavy (non-hydrogen) atoms. The molecule has 9 aromatic carbocycles. The van der Waals surface area contributed by atoms with E-state index < -0.39 is 0 Å². The molecule has 276 valence electrons. The van der Waals surface area contributed by atoms with E-state index in [1.165, 1.54) is 121 Å². The summed E-state index contributed by atoms with van der Waals surface area (Å²) < 4.78 is 9.65. The predicted molar refractivity (Wildman–Crippen MR) is 250 cm³/mol. The van der Waals surface area contributed by atoms with Crippen LogP contribution in [-0.2, 0) is 6.42 Å². The molecule has 2 aliphatic heterocycles. The number of para-hydroxylation sites is 3. The van der Waals surface area contributed by atoms with Crippen LogP contribution in [0.2, 0.25) is 0 Å². The number of nitrogens with zero attached hydrogens (tertiary/aromatic N) is 2. The molecule has 1 unspecified atom stereocenters. The van der Waals surface area contributed by atoms with Crippen LogP contribution in [0.25, 0.3) is 93.4 Å². The molecule has 0 saturated heterocycles. The molecule has 0 spiro atoms. The molecule has 3 aliphatic rings. The maximum Gasteiger partial charge on any atom is 0.329 e. The molecule has 1 aliphatic carbocycles. The molecule has 1 atom stereocenters. The van der Waals surface area contributed by atoms with E-state index in [0.717, 1.165) is 17.6 Å². The first-order valence-electron chi connectivity index (χ1n) is 21.1. The standard InChI is InChI=1S/C56H33BN2O/c1-2-13-32(14-3-1)33-25-27-35(28-26-33)59-48-31-41-37-17-6-9-22-46(37)58-47-23-10-7-19-40(47)52(55(41)58)51(48)44-30-42-38-18-8-11-24-49(38)60-56(42)53-43-29-34-15-4-5-16-36(34)39-20-12-21-45(50(39)43)57(59)54(44)53/h1-28,30-31,43H,29H2. The minimum Gasteiger partial charge on any atom is -0.456 e. The van der Waals surface area contributed by atoms with Crippen molar-refractivity contribution in [3.63, 3.8) is 0 Å². The van der Waals surface area contributed by atoms with Crippen LogP contribution >= 0.6 is 0 Å². The Morgan fingerprint density at radius 2 is 1.22 bits per heavy atom. The van der Waals surface area contributed by atoms with E-state index in [9.17, 15) is 0 Å². The van der Waals surface area contributed by atoms with Crippen molar-refractivity contribution in [1.82, 2.24) is 4.40 Å². The molecular formula is C56H33BN2O. The number of benzene rings is 9. The highest BCUT2D eigenvalue weighted by atomic mass is 16.3. The van der Waals surface area contributed by atoms with Crippen molar-refractivity contribution in [2.24, 2.45) is 0 Å². The lowest BCUT2D eigenvalue weighted by Crippen LogP contribution is -2.62. The number of rotatable bonds is 2. The minimum atomic E-state index is -0.0891. The van der Waals surface area contributed by atoms with E-state index in [-0.39, 0.29) is 12.8 Å². The molecule has 0 fully saturated rings. The molecule has 0 saturated carbocycles. The zero-order valence-corrected chi connectivity index (χ0v) is 32.5. The summed E-state index contributed by atoms with van der Waals surface area (Å²) in [5, 5.41) is 7.55. The van der Waals surface area contributed by atoms with Gasteiger partial charge in [-0.2, -0.15) is 0 Å². The van der Waals surface area contributed by atoms with Gasteiger partial charge in [0, 0.05) is 60.7 Å². The quantitative estimate of drug-likeness (QED) is 0.164. The molecule has 12 aromatic rings. The third-order valence-corrected chi connectivity index (χ3v) is 14.3. The molecule has 0 N–H and O–H groups in total. The Labute approximate surface area is 345 Å². The predicted octanol–water partition coefficient (Wildman–Crippen LogP) is 13.0. The van der Waals surface area contributed by atoms with Crippen LogP contribution in [0, 0.1) is 0 Å². The summed E-state index contributed by atoms with van der Waals surface area (Å²) in [5.74, 6) is 0.139. The van der Waals surface area contributed by atoms with E-state index in [4.69, 9.17) is 4.42 Å². The molecule has 15 rings (SSSR count). The second-order valence-electron chi connectivity index (χ2n) is 17.0. The minimum absolute atomic E-state index is 0.0891. The smallest absolute Gasteiger partial charge is 0.329 e. The maximum atomic E-state index is 7.13. The van der Waals surface area contributed by atoms with E-state index in [2.05, 4.69) is 191 Å². The normalized spacial score (nSPS) is 15.0. The van der Waals surface area contributed by atoms with Gasteiger partial charge >= 0.3 is 6.85 Å². The molecular weight excluding hydrogens is 727 g/mol. The van der Waals surface area contributed by atoms with Gasteiger partial charge < -0.3 is 13.6 Å². The zero-order valence-electron chi connectivity index (χ0n) is 32.5. The molecule has 5 heterocycles. The Morgan fingerprint density at radius 3 is 2.08 bits per heavy atom. The third-order valence-electron chi connectivity index (χ3n) is 14.3. The lowest BCUT2D eigenvalue weighted by molar-refractivity contribution is 0.655. The fraction of sp³-hybridized carbons (Fsp3) is 0.0357. The van der Waals surface area contributed by atoms with Gasteiger partial charge in [0.2, 0.25) is 0 Å². The van der Waals surface area contributed by atoms with Crippen LogP contribution in [0.3, 0.4) is 0 Å². The van der Waals surface area contributed by atoms with Crippen molar-refractivity contribution < 1.29 is 4.42 Å². The first kappa shape index (κ1) is 31.4. The topological polar surface area (TPSA) is 20.8 Å². The van der Waals surface area contributed by atoms with Crippen molar-refractivity contribution in [3.8, 4) is 33.4 Å². The van der Waals surface area contributed by atoms with Crippen LogP contribution in [0.5, 0.6) is 0 Å². The zero-order chi connectivity index (χ0) is 38.8. The molecule has 3 nitrogen and oxygen atoms in total. The average Bonchev–Trinajstić information content (AvgIpc) is 3.97. The number of aromatic nitrogens is 1. The fourth-order valence-corrected chi connectivity index (χ4v) is 12.0. The maximum absolute atomic E-state index is 7.13. The largest absolute Gasteiger partial charge is 0.456 e. The average molecular weight is 761 g/mol. The van der Waals surface area contributed by atoms with Crippen LogP contribution in [0.1, 0.15) is 22.6 Å². The lowest BCUT2D eigenvalue weighted by atomic mass is 9.39. The van der Waals surface area contributed by atoms with Gasteiger partial charge in [-0.3, -0.25) is 0 Å². The monoisotopic (exact) mass is 760 g/mol. The summed E-state index contributed by atoms with van der Waals surface area (Å²) in [5.41, 5.74) is 22.9. The number of furan rings is 1. The van der Waals surface area contributed by atoms with Crippen LogP contribution in [0.4, 0.5) is 11.4 Å². The van der Waals surface area contributed by atoms with Gasteiger partial charge in [-0.1, -0.05) is 140 Å². The Bertz CT molecular complexity index is 3820. The fourth-order valence-electron chi connectivity index (χ4n) is 12.0. The second kappa shape index (κ2) is 11.1. The summed E-state index contributed by atoms with van der Waals surface area (Å²) in [7, 11) is 0. The third kappa shape index (κ3) is 3.79.